The van der Waals surface area contributed by atoms with Crippen molar-refractivity contribution >= 4 is 16.2 Å². The van der Waals surface area contributed by atoms with E-state index in [1.807, 2.05) is 37.3 Å². The van der Waals surface area contributed by atoms with E-state index in [4.69, 9.17) is 0 Å². The maximum atomic E-state index is 12.7. The molecule has 0 radical (unpaired) electrons. The first-order chi connectivity index (χ1) is 12.5. The third-order valence-electron chi connectivity index (χ3n) is 5.10. The molecule has 0 aliphatic carbocycles. The molecule has 3 rings (SSSR count). The summed E-state index contributed by atoms with van der Waals surface area (Å²) in [6, 6.07) is 9.59. The summed E-state index contributed by atoms with van der Waals surface area (Å²) in [5.74, 6) is 0. The Labute approximate surface area is 156 Å². The van der Waals surface area contributed by atoms with Gasteiger partial charge in [-0.05, 0) is 31.7 Å². The second kappa shape index (κ2) is 8.37. The maximum Gasteiger partial charge on any atom is 0.317 e. The minimum absolute atomic E-state index is 0.0867. The monoisotopic (exact) mass is 380 g/mol. The van der Waals surface area contributed by atoms with Crippen LogP contribution in [-0.2, 0) is 10.2 Å². The normalized spacial score (nSPS) is 21.3. The highest BCUT2D eigenvalue weighted by Crippen LogP contribution is 2.18. The van der Waals surface area contributed by atoms with E-state index in [1.54, 1.807) is 9.21 Å². The van der Waals surface area contributed by atoms with Crippen LogP contribution in [-0.4, -0.2) is 67.2 Å². The Balaban J connectivity index is 1.57. The van der Waals surface area contributed by atoms with Crippen molar-refractivity contribution in [3.8, 4) is 0 Å². The first kappa shape index (κ1) is 19.1. The molecule has 1 aromatic rings. The van der Waals surface area contributed by atoms with Gasteiger partial charge in [-0.25, -0.2) is 4.79 Å². The summed E-state index contributed by atoms with van der Waals surface area (Å²) >= 11 is 0. The zero-order chi connectivity index (χ0) is 18.6. The predicted molar refractivity (Wildman–Crippen MR) is 101 cm³/mol. The number of benzene rings is 1. The molecule has 7 nitrogen and oxygen atoms in total. The van der Waals surface area contributed by atoms with E-state index in [0.29, 0.717) is 45.7 Å². The van der Waals surface area contributed by atoms with Crippen LogP contribution >= 0.6 is 0 Å². The zero-order valence-electron chi connectivity index (χ0n) is 15.3. The van der Waals surface area contributed by atoms with Gasteiger partial charge in [0.05, 0.1) is 6.04 Å². The first-order valence-corrected chi connectivity index (χ1v) is 10.7. The fourth-order valence-electron chi connectivity index (χ4n) is 3.51. The molecule has 2 aliphatic heterocycles. The summed E-state index contributed by atoms with van der Waals surface area (Å²) in [5.41, 5.74) is 1.05. The molecule has 0 saturated carbocycles. The Morgan fingerprint density at radius 2 is 1.54 bits per heavy atom. The van der Waals surface area contributed by atoms with Crippen molar-refractivity contribution in [2.45, 2.75) is 32.2 Å². The quantitative estimate of drug-likeness (QED) is 0.866. The van der Waals surface area contributed by atoms with Gasteiger partial charge in [-0.3, -0.25) is 0 Å². The largest absolute Gasteiger partial charge is 0.331 e. The lowest BCUT2D eigenvalue weighted by atomic mass is 10.1. The van der Waals surface area contributed by atoms with E-state index < -0.39 is 10.2 Å². The molecule has 2 amide bonds. The minimum Gasteiger partial charge on any atom is -0.331 e. The molecule has 8 heteroatoms. The van der Waals surface area contributed by atoms with Gasteiger partial charge in [-0.1, -0.05) is 30.3 Å². The molecule has 0 aromatic heterocycles. The number of nitrogens with one attached hydrogen (secondary N) is 1. The molecule has 144 valence electrons. The summed E-state index contributed by atoms with van der Waals surface area (Å²) < 4.78 is 28.5. The van der Waals surface area contributed by atoms with E-state index in [1.165, 1.54) is 4.31 Å². The van der Waals surface area contributed by atoms with Crippen LogP contribution < -0.4 is 5.32 Å². The number of amides is 2. The molecule has 1 N–H and O–H groups in total. The van der Waals surface area contributed by atoms with Crippen LogP contribution in [0.25, 0.3) is 0 Å². The highest BCUT2D eigenvalue weighted by Gasteiger charge is 2.33. The first-order valence-electron chi connectivity index (χ1n) is 9.34. The summed E-state index contributed by atoms with van der Waals surface area (Å²) in [7, 11) is -3.39. The van der Waals surface area contributed by atoms with E-state index in [0.717, 1.165) is 18.4 Å². The van der Waals surface area contributed by atoms with Gasteiger partial charge in [-0.15, -0.1) is 0 Å². The maximum absolute atomic E-state index is 12.7. The van der Waals surface area contributed by atoms with E-state index in [9.17, 15) is 13.2 Å². The van der Waals surface area contributed by atoms with Gasteiger partial charge in [0.1, 0.15) is 0 Å². The minimum atomic E-state index is -3.39. The molecule has 0 bridgehead atoms. The molecule has 1 aromatic carbocycles. The van der Waals surface area contributed by atoms with Crippen molar-refractivity contribution in [1.29, 1.82) is 0 Å². The van der Waals surface area contributed by atoms with E-state index >= 15 is 0 Å². The standard InChI is InChI=1S/C18H28N4O3S/c1-16(17-8-3-2-4-9-17)19-18(23)20-10-7-13-22(15-14-20)26(24,25)21-11-5-6-12-21/h2-4,8-9,16H,5-7,10-15H2,1H3,(H,19,23)/t16-/m1/s1. The Morgan fingerprint density at radius 3 is 2.23 bits per heavy atom. The molecule has 1 atom stereocenters. The smallest absolute Gasteiger partial charge is 0.317 e. The van der Waals surface area contributed by atoms with Gasteiger partial charge < -0.3 is 10.2 Å². The summed E-state index contributed by atoms with van der Waals surface area (Å²) in [4.78, 5) is 14.3. The molecular formula is C18H28N4O3S. The van der Waals surface area contributed by atoms with Crippen molar-refractivity contribution < 1.29 is 13.2 Å². The summed E-state index contributed by atoms with van der Waals surface area (Å²) in [5, 5.41) is 3.01. The van der Waals surface area contributed by atoms with Crippen LogP contribution in [0.5, 0.6) is 0 Å². The lowest BCUT2D eigenvalue weighted by Gasteiger charge is -2.26. The molecule has 2 heterocycles. The average Bonchev–Trinajstić information content (AvgIpc) is 3.07. The van der Waals surface area contributed by atoms with Crippen molar-refractivity contribution in [3.63, 3.8) is 0 Å². The lowest BCUT2D eigenvalue weighted by molar-refractivity contribution is 0.197. The highest BCUT2D eigenvalue weighted by molar-refractivity contribution is 7.86. The van der Waals surface area contributed by atoms with Gasteiger partial charge in [0.25, 0.3) is 10.2 Å². The van der Waals surface area contributed by atoms with Crippen LogP contribution in [0.1, 0.15) is 37.8 Å². The van der Waals surface area contributed by atoms with Gasteiger partial charge in [-0.2, -0.15) is 17.0 Å². The van der Waals surface area contributed by atoms with Gasteiger partial charge in [0, 0.05) is 39.3 Å². The van der Waals surface area contributed by atoms with Crippen LogP contribution in [0.15, 0.2) is 30.3 Å². The summed E-state index contributed by atoms with van der Waals surface area (Å²) in [6.07, 6.45) is 2.51. The number of hydrogen-bond donors (Lipinski definition) is 1. The topological polar surface area (TPSA) is 73.0 Å². The van der Waals surface area contributed by atoms with E-state index in [2.05, 4.69) is 5.32 Å². The van der Waals surface area contributed by atoms with E-state index in [-0.39, 0.29) is 12.1 Å². The Morgan fingerprint density at radius 1 is 0.923 bits per heavy atom. The van der Waals surface area contributed by atoms with Gasteiger partial charge in [0.2, 0.25) is 0 Å². The number of carbonyl (C=O) groups excluding carboxylic acids is 1. The molecular weight excluding hydrogens is 352 g/mol. The average molecular weight is 381 g/mol. The van der Waals surface area contributed by atoms with Gasteiger partial charge >= 0.3 is 6.03 Å². The van der Waals surface area contributed by atoms with Crippen LogP contribution in [0, 0.1) is 0 Å². The number of hydrogen-bond acceptors (Lipinski definition) is 3. The second-order valence-electron chi connectivity index (χ2n) is 6.94. The molecule has 0 spiro atoms. The number of rotatable bonds is 4. The summed E-state index contributed by atoms with van der Waals surface area (Å²) in [6.45, 7) is 4.98. The molecule has 2 aliphatic rings. The number of carbonyl (C=O) groups is 1. The van der Waals surface area contributed by atoms with Crippen LogP contribution in [0.2, 0.25) is 0 Å². The molecule has 0 unspecified atom stereocenters. The van der Waals surface area contributed by atoms with Crippen molar-refractivity contribution in [1.82, 2.24) is 18.8 Å². The Kier molecular flexibility index (Phi) is 6.16. The second-order valence-corrected chi connectivity index (χ2v) is 8.86. The number of nitrogens with zero attached hydrogens (tertiary/aromatic N) is 3. The van der Waals surface area contributed by atoms with Crippen molar-refractivity contribution in [2.75, 3.05) is 39.3 Å². The number of urea groups is 1. The van der Waals surface area contributed by atoms with Crippen LogP contribution in [0.4, 0.5) is 4.79 Å². The Bertz CT molecular complexity index is 704. The molecule has 26 heavy (non-hydrogen) atoms. The third-order valence-corrected chi connectivity index (χ3v) is 7.13. The molecule has 2 fully saturated rings. The van der Waals surface area contributed by atoms with Crippen LogP contribution in [0.3, 0.4) is 0 Å². The SMILES string of the molecule is C[C@@H](NC(=O)N1CCCN(S(=O)(=O)N2CCCC2)CC1)c1ccccc1. The van der Waals surface area contributed by atoms with Crippen molar-refractivity contribution in [2.24, 2.45) is 0 Å². The highest BCUT2D eigenvalue weighted by atomic mass is 32.2. The fraction of sp³-hybridized carbons (Fsp3) is 0.611. The predicted octanol–water partition coefficient (Wildman–Crippen LogP) is 1.81. The fourth-order valence-corrected chi connectivity index (χ4v) is 5.23. The molecule has 2 saturated heterocycles. The zero-order valence-corrected chi connectivity index (χ0v) is 16.1. The van der Waals surface area contributed by atoms with Gasteiger partial charge in [0.15, 0.2) is 0 Å². The van der Waals surface area contributed by atoms with Crippen molar-refractivity contribution in [3.05, 3.63) is 35.9 Å². The third kappa shape index (κ3) is 4.36. The Hall–Kier alpha value is -1.64. The lowest BCUT2D eigenvalue weighted by Crippen LogP contribution is -2.46.